The number of hydrogen-bond donors (Lipinski definition) is 2. The largest absolute Gasteiger partial charge is 0.493 e. The van der Waals surface area contributed by atoms with Crippen LogP contribution in [0.4, 0.5) is 17.1 Å². The van der Waals surface area contributed by atoms with E-state index in [1.165, 1.54) is 13.2 Å². The standard InChI is InChI=1S/C20H23N3O6/c1-5-29-18-10-15(16(23(26)27)11-17(18)28-4)20(25)22-14-8-6-13(7-9-14)21-19(24)12(2)3/h6-12H,5H2,1-4H3,(H,21,24)(H,22,25). The van der Waals surface area contributed by atoms with Gasteiger partial charge >= 0.3 is 0 Å². The lowest BCUT2D eigenvalue weighted by atomic mass is 10.1. The number of methoxy groups -OCH3 is 1. The van der Waals surface area contributed by atoms with Crippen LogP contribution in [0.25, 0.3) is 0 Å². The molecule has 2 aromatic rings. The van der Waals surface area contributed by atoms with Gasteiger partial charge in [-0.1, -0.05) is 13.8 Å². The van der Waals surface area contributed by atoms with Crippen molar-refractivity contribution in [2.24, 2.45) is 5.92 Å². The lowest BCUT2D eigenvalue weighted by Crippen LogP contribution is -2.18. The SMILES string of the molecule is CCOc1cc(C(=O)Nc2ccc(NC(=O)C(C)C)cc2)c([N+](=O)[O-])cc1OC. The number of carbonyl (C=O) groups excluding carboxylic acids is 2. The number of amides is 2. The molecule has 2 rings (SSSR count). The second-order valence-corrected chi connectivity index (χ2v) is 6.39. The van der Waals surface area contributed by atoms with Gasteiger partial charge in [-0.25, -0.2) is 0 Å². The molecule has 0 atom stereocenters. The van der Waals surface area contributed by atoms with Crippen molar-refractivity contribution in [3.63, 3.8) is 0 Å². The van der Waals surface area contributed by atoms with Crippen molar-refractivity contribution in [2.45, 2.75) is 20.8 Å². The molecule has 0 aliphatic heterocycles. The average molecular weight is 401 g/mol. The summed E-state index contributed by atoms with van der Waals surface area (Å²) in [7, 11) is 1.36. The van der Waals surface area contributed by atoms with Crippen molar-refractivity contribution in [3.05, 3.63) is 52.1 Å². The van der Waals surface area contributed by atoms with Crippen molar-refractivity contribution in [3.8, 4) is 11.5 Å². The fourth-order valence-electron chi connectivity index (χ4n) is 2.43. The van der Waals surface area contributed by atoms with Gasteiger partial charge in [0.1, 0.15) is 5.56 Å². The van der Waals surface area contributed by atoms with Crippen LogP contribution in [0, 0.1) is 16.0 Å². The fraction of sp³-hybridized carbons (Fsp3) is 0.300. The van der Waals surface area contributed by atoms with Crippen LogP contribution in [0.2, 0.25) is 0 Å². The predicted molar refractivity (Wildman–Crippen MR) is 109 cm³/mol. The van der Waals surface area contributed by atoms with Crippen molar-refractivity contribution >= 4 is 28.9 Å². The first-order valence-electron chi connectivity index (χ1n) is 8.98. The minimum atomic E-state index is -0.667. The molecule has 9 heteroatoms. The number of ether oxygens (including phenoxy) is 2. The van der Waals surface area contributed by atoms with Gasteiger partial charge in [0, 0.05) is 23.4 Å². The van der Waals surface area contributed by atoms with Gasteiger partial charge in [0.05, 0.1) is 24.7 Å². The molecule has 0 heterocycles. The molecule has 0 aliphatic carbocycles. The topological polar surface area (TPSA) is 120 Å². The molecule has 0 radical (unpaired) electrons. The van der Waals surface area contributed by atoms with Gasteiger partial charge in [-0.2, -0.15) is 0 Å². The van der Waals surface area contributed by atoms with E-state index in [9.17, 15) is 19.7 Å². The smallest absolute Gasteiger partial charge is 0.286 e. The second kappa shape index (κ2) is 9.54. The van der Waals surface area contributed by atoms with Crippen LogP contribution in [0.3, 0.4) is 0 Å². The fourth-order valence-corrected chi connectivity index (χ4v) is 2.43. The molecule has 154 valence electrons. The minimum Gasteiger partial charge on any atom is -0.493 e. The Morgan fingerprint density at radius 1 is 1.07 bits per heavy atom. The van der Waals surface area contributed by atoms with Crippen molar-refractivity contribution in [1.29, 1.82) is 0 Å². The van der Waals surface area contributed by atoms with Crippen LogP contribution in [-0.2, 0) is 4.79 Å². The Labute approximate surface area is 168 Å². The van der Waals surface area contributed by atoms with Gasteiger partial charge in [0.25, 0.3) is 11.6 Å². The quantitative estimate of drug-likeness (QED) is 0.512. The third kappa shape index (κ3) is 5.44. The molecule has 9 nitrogen and oxygen atoms in total. The number of nitro benzene ring substituents is 1. The Bertz CT molecular complexity index is 909. The Balaban J connectivity index is 2.26. The lowest BCUT2D eigenvalue weighted by Gasteiger charge is -2.12. The molecule has 0 bridgehead atoms. The summed E-state index contributed by atoms with van der Waals surface area (Å²) in [5, 5.41) is 16.8. The first kappa shape index (κ1) is 21.7. The van der Waals surface area contributed by atoms with Crippen LogP contribution < -0.4 is 20.1 Å². The highest BCUT2D eigenvalue weighted by molar-refractivity contribution is 6.07. The average Bonchev–Trinajstić information content (AvgIpc) is 2.69. The van der Waals surface area contributed by atoms with E-state index in [-0.39, 0.29) is 28.9 Å². The van der Waals surface area contributed by atoms with Crippen LogP contribution in [0.5, 0.6) is 11.5 Å². The van der Waals surface area contributed by atoms with Crippen LogP contribution >= 0.6 is 0 Å². The summed E-state index contributed by atoms with van der Waals surface area (Å²) in [6.07, 6.45) is 0. The molecule has 29 heavy (non-hydrogen) atoms. The Morgan fingerprint density at radius 2 is 1.66 bits per heavy atom. The number of anilines is 2. The van der Waals surface area contributed by atoms with E-state index in [0.717, 1.165) is 6.07 Å². The van der Waals surface area contributed by atoms with Gasteiger partial charge in [-0.3, -0.25) is 19.7 Å². The molecule has 0 fully saturated rings. The van der Waals surface area contributed by atoms with E-state index in [2.05, 4.69) is 10.6 Å². The highest BCUT2D eigenvalue weighted by atomic mass is 16.6. The van der Waals surface area contributed by atoms with Gasteiger partial charge in [-0.15, -0.1) is 0 Å². The van der Waals surface area contributed by atoms with Crippen molar-refractivity contribution in [1.82, 2.24) is 0 Å². The predicted octanol–water partition coefficient (Wildman–Crippen LogP) is 3.85. The molecular weight excluding hydrogens is 378 g/mol. The van der Waals surface area contributed by atoms with E-state index in [1.54, 1.807) is 45.0 Å². The zero-order valence-electron chi connectivity index (χ0n) is 16.6. The molecule has 0 saturated carbocycles. The Kier molecular flexibility index (Phi) is 7.13. The normalized spacial score (nSPS) is 10.4. The van der Waals surface area contributed by atoms with Gasteiger partial charge in [-0.05, 0) is 31.2 Å². The second-order valence-electron chi connectivity index (χ2n) is 6.39. The summed E-state index contributed by atoms with van der Waals surface area (Å²) in [5.74, 6) is -0.555. The molecule has 0 saturated heterocycles. The number of hydrogen-bond acceptors (Lipinski definition) is 6. The molecule has 2 amide bonds. The molecule has 0 spiro atoms. The van der Waals surface area contributed by atoms with E-state index in [1.807, 2.05) is 0 Å². The summed E-state index contributed by atoms with van der Waals surface area (Å²) in [5.41, 5.74) is 0.441. The Hall–Kier alpha value is -3.62. The van der Waals surface area contributed by atoms with E-state index in [4.69, 9.17) is 9.47 Å². The molecule has 0 aromatic heterocycles. The summed E-state index contributed by atoms with van der Waals surface area (Å²) in [4.78, 5) is 35.1. The highest BCUT2D eigenvalue weighted by Gasteiger charge is 2.25. The molecule has 0 aliphatic rings. The summed E-state index contributed by atoms with van der Waals surface area (Å²) in [6.45, 7) is 5.61. The van der Waals surface area contributed by atoms with Crippen LogP contribution in [-0.4, -0.2) is 30.5 Å². The third-order valence-corrected chi connectivity index (χ3v) is 3.96. The van der Waals surface area contributed by atoms with E-state index < -0.39 is 16.5 Å². The molecule has 2 aromatic carbocycles. The third-order valence-electron chi connectivity index (χ3n) is 3.96. The monoisotopic (exact) mass is 401 g/mol. The Morgan fingerprint density at radius 3 is 2.14 bits per heavy atom. The van der Waals surface area contributed by atoms with Gasteiger partial charge in [0.2, 0.25) is 5.91 Å². The molecular formula is C20H23N3O6. The van der Waals surface area contributed by atoms with Gasteiger partial charge in [0.15, 0.2) is 11.5 Å². The van der Waals surface area contributed by atoms with Gasteiger partial charge < -0.3 is 20.1 Å². The maximum Gasteiger partial charge on any atom is 0.286 e. The van der Waals surface area contributed by atoms with Crippen LogP contribution in [0.1, 0.15) is 31.1 Å². The summed E-state index contributed by atoms with van der Waals surface area (Å²) in [6, 6.07) is 8.88. The number of nitrogens with one attached hydrogen (secondary N) is 2. The lowest BCUT2D eigenvalue weighted by molar-refractivity contribution is -0.385. The van der Waals surface area contributed by atoms with E-state index >= 15 is 0 Å². The number of rotatable bonds is 8. The maximum absolute atomic E-state index is 12.7. The first-order chi connectivity index (χ1) is 13.8. The maximum atomic E-state index is 12.7. The highest BCUT2D eigenvalue weighted by Crippen LogP contribution is 2.35. The molecule has 2 N–H and O–H groups in total. The summed E-state index contributed by atoms with van der Waals surface area (Å²) < 4.78 is 10.5. The number of benzene rings is 2. The van der Waals surface area contributed by atoms with Crippen molar-refractivity contribution < 1.29 is 24.0 Å². The number of carbonyl (C=O) groups is 2. The molecule has 0 unspecified atom stereocenters. The first-order valence-corrected chi connectivity index (χ1v) is 8.98. The zero-order valence-corrected chi connectivity index (χ0v) is 16.6. The minimum absolute atomic E-state index is 0.126. The number of nitro groups is 1. The van der Waals surface area contributed by atoms with Crippen molar-refractivity contribution in [2.75, 3.05) is 24.4 Å². The van der Waals surface area contributed by atoms with E-state index in [0.29, 0.717) is 18.0 Å². The van der Waals surface area contributed by atoms with Crippen LogP contribution in [0.15, 0.2) is 36.4 Å². The summed E-state index contributed by atoms with van der Waals surface area (Å²) >= 11 is 0. The zero-order chi connectivity index (χ0) is 21.6. The number of nitrogens with zero attached hydrogens (tertiary/aromatic N) is 1.